The molecule has 0 aliphatic heterocycles. The van der Waals surface area contributed by atoms with Crippen LogP contribution in [0.5, 0.6) is 0 Å². The second kappa shape index (κ2) is 5.07. The lowest BCUT2D eigenvalue weighted by atomic mass is 10.2. The van der Waals surface area contributed by atoms with Crippen molar-refractivity contribution in [1.82, 2.24) is 4.98 Å². The Hall–Kier alpha value is -1.06. The summed E-state index contributed by atoms with van der Waals surface area (Å²) in [6, 6.07) is 9.69. The topological polar surface area (TPSA) is 24.9 Å². The molecule has 0 aliphatic carbocycles. The predicted molar refractivity (Wildman–Crippen MR) is 76.1 cm³/mol. The number of nitrogens with zero attached hydrogens (tertiary/aromatic N) is 1. The smallest absolute Gasteiger partial charge is 0.130 e. The van der Waals surface area contributed by atoms with Crippen LogP contribution in [-0.2, 0) is 0 Å². The van der Waals surface area contributed by atoms with Crippen molar-refractivity contribution >= 4 is 39.0 Å². The lowest BCUT2D eigenvalue weighted by molar-refractivity contribution is 1.18. The molecule has 2 aromatic rings. The van der Waals surface area contributed by atoms with Gasteiger partial charge in [0.15, 0.2) is 0 Å². The molecular formula is C13H12BrClN2. The van der Waals surface area contributed by atoms with Crippen molar-refractivity contribution in [3.8, 4) is 0 Å². The first-order valence-electron chi connectivity index (χ1n) is 5.23. The lowest BCUT2D eigenvalue weighted by Gasteiger charge is -2.10. The average molecular weight is 312 g/mol. The van der Waals surface area contributed by atoms with Crippen molar-refractivity contribution in [3.63, 3.8) is 0 Å². The molecular weight excluding hydrogens is 300 g/mol. The van der Waals surface area contributed by atoms with Gasteiger partial charge >= 0.3 is 0 Å². The van der Waals surface area contributed by atoms with E-state index in [-0.39, 0.29) is 0 Å². The minimum absolute atomic E-state index is 0.754. The number of anilines is 2. The first-order valence-corrected chi connectivity index (χ1v) is 6.40. The maximum Gasteiger partial charge on any atom is 0.130 e. The third-order valence-corrected chi connectivity index (χ3v) is 3.80. The molecule has 0 fully saturated rings. The van der Waals surface area contributed by atoms with Gasteiger partial charge in [0, 0.05) is 15.2 Å². The van der Waals surface area contributed by atoms with Crippen LogP contribution in [0, 0.1) is 13.8 Å². The Balaban J connectivity index is 2.31. The van der Waals surface area contributed by atoms with Crippen LogP contribution in [0.3, 0.4) is 0 Å². The third-order valence-electron chi connectivity index (χ3n) is 2.55. The van der Waals surface area contributed by atoms with E-state index in [0.29, 0.717) is 0 Å². The number of aromatic nitrogens is 1. The van der Waals surface area contributed by atoms with Gasteiger partial charge in [0.05, 0.1) is 5.69 Å². The second-order valence-electron chi connectivity index (χ2n) is 3.80. The van der Waals surface area contributed by atoms with E-state index in [4.69, 9.17) is 11.6 Å². The predicted octanol–water partition coefficient (Wildman–Crippen LogP) is 4.86. The van der Waals surface area contributed by atoms with E-state index in [2.05, 4.69) is 26.2 Å². The second-order valence-corrected chi connectivity index (χ2v) is 5.06. The largest absolute Gasteiger partial charge is 0.340 e. The first-order chi connectivity index (χ1) is 8.08. The zero-order valence-electron chi connectivity index (χ0n) is 9.59. The summed E-state index contributed by atoms with van der Waals surface area (Å²) in [5.41, 5.74) is 2.96. The van der Waals surface area contributed by atoms with Gasteiger partial charge in [-0.2, -0.15) is 0 Å². The summed E-state index contributed by atoms with van der Waals surface area (Å²) >= 11 is 9.50. The standard InChI is InChI=1S/C13H12BrClN2/c1-8-11(15)4-3-5-12(8)17-13-7-6-10(14)9(2)16-13/h3-7H,1-2H3,(H,16,17). The molecule has 1 aromatic carbocycles. The highest BCUT2D eigenvalue weighted by molar-refractivity contribution is 9.10. The quantitative estimate of drug-likeness (QED) is 0.857. The van der Waals surface area contributed by atoms with Crippen LogP contribution in [0.4, 0.5) is 11.5 Å². The molecule has 0 bridgehead atoms. The number of rotatable bonds is 2. The van der Waals surface area contributed by atoms with E-state index in [9.17, 15) is 0 Å². The van der Waals surface area contributed by atoms with Crippen LogP contribution < -0.4 is 5.32 Å². The Morgan fingerprint density at radius 3 is 2.65 bits per heavy atom. The first kappa shape index (κ1) is 12.4. The Labute approximate surface area is 114 Å². The van der Waals surface area contributed by atoms with Crippen molar-refractivity contribution in [1.29, 1.82) is 0 Å². The van der Waals surface area contributed by atoms with Crippen molar-refractivity contribution in [2.45, 2.75) is 13.8 Å². The fraction of sp³-hybridized carbons (Fsp3) is 0.154. The maximum absolute atomic E-state index is 6.07. The van der Waals surface area contributed by atoms with Crippen LogP contribution >= 0.6 is 27.5 Å². The molecule has 4 heteroatoms. The lowest BCUT2D eigenvalue weighted by Crippen LogP contribution is -1.97. The van der Waals surface area contributed by atoms with E-state index in [1.807, 2.05) is 44.2 Å². The third kappa shape index (κ3) is 2.79. The molecule has 0 saturated carbocycles. The Bertz CT molecular complexity index is 555. The van der Waals surface area contributed by atoms with E-state index >= 15 is 0 Å². The molecule has 0 radical (unpaired) electrons. The van der Waals surface area contributed by atoms with Crippen LogP contribution in [0.15, 0.2) is 34.8 Å². The van der Waals surface area contributed by atoms with Gasteiger partial charge < -0.3 is 5.32 Å². The molecule has 0 saturated heterocycles. The number of hydrogen-bond acceptors (Lipinski definition) is 2. The molecule has 17 heavy (non-hydrogen) atoms. The summed E-state index contributed by atoms with van der Waals surface area (Å²) in [6.07, 6.45) is 0. The summed E-state index contributed by atoms with van der Waals surface area (Å²) in [5.74, 6) is 0.816. The van der Waals surface area contributed by atoms with E-state index in [1.54, 1.807) is 0 Å². The zero-order chi connectivity index (χ0) is 12.4. The highest BCUT2D eigenvalue weighted by atomic mass is 79.9. The summed E-state index contributed by atoms with van der Waals surface area (Å²) in [6.45, 7) is 3.94. The minimum atomic E-state index is 0.754. The molecule has 0 aliphatic rings. The van der Waals surface area contributed by atoms with Crippen LogP contribution in [0.25, 0.3) is 0 Å². The fourth-order valence-electron chi connectivity index (χ4n) is 1.49. The van der Waals surface area contributed by atoms with Gasteiger partial charge in [-0.3, -0.25) is 0 Å². The van der Waals surface area contributed by atoms with Gasteiger partial charge in [0.25, 0.3) is 0 Å². The van der Waals surface area contributed by atoms with E-state index in [0.717, 1.165) is 32.3 Å². The van der Waals surface area contributed by atoms with Gasteiger partial charge in [-0.05, 0) is 59.6 Å². The molecule has 0 unspecified atom stereocenters. The van der Waals surface area contributed by atoms with Crippen LogP contribution in [0.2, 0.25) is 5.02 Å². The monoisotopic (exact) mass is 310 g/mol. The molecule has 2 rings (SSSR count). The van der Waals surface area contributed by atoms with Crippen molar-refractivity contribution in [2.24, 2.45) is 0 Å². The number of benzene rings is 1. The van der Waals surface area contributed by atoms with Crippen LogP contribution in [-0.4, -0.2) is 4.98 Å². The molecule has 0 spiro atoms. The number of hydrogen-bond donors (Lipinski definition) is 1. The number of halogens is 2. The van der Waals surface area contributed by atoms with Crippen molar-refractivity contribution in [2.75, 3.05) is 5.32 Å². The Morgan fingerprint density at radius 1 is 1.18 bits per heavy atom. The number of nitrogens with one attached hydrogen (secondary N) is 1. The maximum atomic E-state index is 6.07. The Kier molecular flexibility index (Phi) is 3.69. The van der Waals surface area contributed by atoms with Crippen molar-refractivity contribution in [3.05, 3.63) is 51.1 Å². The van der Waals surface area contributed by atoms with Gasteiger partial charge in [-0.1, -0.05) is 17.7 Å². The average Bonchev–Trinajstić information content (AvgIpc) is 2.30. The fourth-order valence-corrected chi connectivity index (χ4v) is 1.89. The summed E-state index contributed by atoms with van der Waals surface area (Å²) < 4.78 is 1.01. The zero-order valence-corrected chi connectivity index (χ0v) is 11.9. The normalized spacial score (nSPS) is 10.4. The summed E-state index contributed by atoms with van der Waals surface area (Å²) in [7, 11) is 0. The molecule has 2 nitrogen and oxygen atoms in total. The van der Waals surface area contributed by atoms with Gasteiger partial charge in [-0.25, -0.2) is 4.98 Å². The highest BCUT2D eigenvalue weighted by Crippen LogP contribution is 2.26. The van der Waals surface area contributed by atoms with Crippen LogP contribution in [0.1, 0.15) is 11.3 Å². The molecule has 0 atom stereocenters. The summed E-state index contributed by atoms with van der Waals surface area (Å²) in [4.78, 5) is 4.44. The minimum Gasteiger partial charge on any atom is -0.340 e. The summed E-state index contributed by atoms with van der Waals surface area (Å²) in [5, 5.41) is 4.02. The SMILES string of the molecule is Cc1nc(Nc2cccc(Cl)c2C)ccc1Br. The Morgan fingerprint density at radius 2 is 1.94 bits per heavy atom. The van der Waals surface area contributed by atoms with E-state index in [1.165, 1.54) is 0 Å². The number of aryl methyl sites for hydroxylation is 1. The molecule has 1 N–H and O–H groups in total. The van der Waals surface area contributed by atoms with Gasteiger partial charge in [0.1, 0.15) is 5.82 Å². The highest BCUT2D eigenvalue weighted by Gasteiger charge is 2.04. The van der Waals surface area contributed by atoms with E-state index < -0.39 is 0 Å². The van der Waals surface area contributed by atoms with Gasteiger partial charge in [-0.15, -0.1) is 0 Å². The molecule has 0 amide bonds. The molecule has 1 heterocycles. The van der Waals surface area contributed by atoms with Gasteiger partial charge in [0.2, 0.25) is 0 Å². The molecule has 88 valence electrons. The van der Waals surface area contributed by atoms with Crippen molar-refractivity contribution < 1.29 is 0 Å². The molecule has 1 aromatic heterocycles. The number of pyridine rings is 1.